The number of nitrogens with zero attached hydrogens (tertiary/aromatic N) is 1. The monoisotopic (exact) mass is 348 g/mol. The number of carbonyl (C=O) groups is 1. The molecule has 2 N–H and O–H groups in total. The predicted molar refractivity (Wildman–Crippen MR) is 99.5 cm³/mol. The molecule has 1 aliphatic heterocycles. The smallest absolute Gasteiger partial charge is 0.251 e. The number of rotatable bonds is 7. The summed E-state index contributed by atoms with van der Waals surface area (Å²) in [5, 5.41) is 12.0. The number of hydrogen-bond acceptors (Lipinski definition) is 4. The number of carbonyl (C=O) groups excluding carboxylic acids is 1. The fraction of sp³-hybridized carbons (Fsp3) is 0.650. The van der Waals surface area contributed by atoms with Gasteiger partial charge >= 0.3 is 0 Å². The highest BCUT2D eigenvalue weighted by Crippen LogP contribution is 2.18. The molecule has 0 radical (unpaired) electrons. The average Bonchev–Trinajstić information content (AvgIpc) is 2.52. The van der Waals surface area contributed by atoms with E-state index in [1.807, 2.05) is 38.1 Å². The Morgan fingerprint density at radius 1 is 1.24 bits per heavy atom. The van der Waals surface area contributed by atoms with Gasteiger partial charge < -0.3 is 15.2 Å². The van der Waals surface area contributed by atoms with Gasteiger partial charge in [0.2, 0.25) is 0 Å². The van der Waals surface area contributed by atoms with Crippen molar-refractivity contribution in [1.82, 2.24) is 10.2 Å². The van der Waals surface area contributed by atoms with E-state index in [1.165, 1.54) is 5.56 Å². The highest BCUT2D eigenvalue weighted by atomic mass is 16.5. The first kappa shape index (κ1) is 19.9. The van der Waals surface area contributed by atoms with Gasteiger partial charge in [-0.25, -0.2) is 0 Å². The predicted octanol–water partition coefficient (Wildman–Crippen LogP) is 2.43. The van der Waals surface area contributed by atoms with Crippen LogP contribution in [-0.4, -0.2) is 54.4 Å². The lowest BCUT2D eigenvalue weighted by atomic mass is 9.89. The Hall–Kier alpha value is -1.43. The minimum absolute atomic E-state index is 0.0637. The first-order valence-corrected chi connectivity index (χ1v) is 9.15. The topological polar surface area (TPSA) is 61.8 Å². The fourth-order valence-electron chi connectivity index (χ4n) is 3.25. The largest absolute Gasteiger partial charge is 0.396 e. The van der Waals surface area contributed by atoms with Gasteiger partial charge in [-0.15, -0.1) is 0 Å². The Morgan fingerprint density at radius 3 is 2.40 bits per heavy atom. The molecule has 0 bridgehead atoms. The van der Waals surface area contributed by atoms with E-state index >= 15 is 0 Å². The first-order chi connectivity index (χ1) is 11.8. The molecule has 0 aliphatic carbocycles. The minimum atomic E-state index is -0.103. The van der Waals surface area contributed by atoms with Crippen LogP contribution >= 0.6 is 0 Å². The maximum atomic E-state index is 12.3. The van der Waals surface area contributed by atoms with Gasteiger partial charge in [-0.1, -0.05) is 26.0 Å². The van der Waals surface area contributed by atoms with Crippen molar-refractivity contribution in [2.75, 3.05) is 26.2 Å². The summed E-state index contributed by atoms with van der Waals surface area (Å²) in [5.41, 5.74) is 1.78. The zero-order chi connectivity index (χ0) is 18.4. The summed E-state index contributed by atoms with van der Waals surface area (Å²) < 4.78 is 5.77. The number of aliphatic hydroxyl groups is 1. The van der Waals surface area contributed by atoms with Gasteiger partial charge in [0.05, 0.1) is 12.2 Å². The summed E-state index contributed by atoms with van der Waals surface area (Å²) >= 11 is 0. The summed E-state index contributed by atoms with van der Waals surface area (Å²) in [6.07, 6.45) is 1.19. The second-order valence-corrected chi connectivity index (χ2v) is 7.97. The standard InChI is InChI=1S/C20H32N2O3/c1-15-11-22(12-16(2)25-15)13-17-5-7-18(8-6-17)19(24)21-14-20(3,4)9-10-23/h5-8,15-16,23H,9-14H2,1-4H3,(H,21,24). The Kier molecular flexibility index (Phi) is 6.99. The molecule has 140 valence electrons. The van der Waals surface area contributed by atoms with Crippen molar-refractivity contribution in [3.63, 3.8) is 0 Å². The maximum Gasteiger partial charge on any atom is 0.251 e. The van der Waals surface area contributed by atoms with Crippen LogP contribution in [0.1, 0.15) is 50.0 Å². The van der Waals surface area contributed by atoms with Gasteiger partial charge in [0.1, 0.15) is 0 Å². The van der Waals surface area contributed by atoms with Gasteiger partial charge in [-0.2, -0.15) is 0 Å². The third kappa shape index (κ3) is 6.42. The molecule has 1 fully saturated rings. The Balaban J connectivity index is 1.87. The number of amides is 1. The Morgan fingerprint density at radius 2 is 1.84 bits per heavy atom. The third-order valence-electron chi connectivity index (χ3n) is 4.63. The summed E-state index contributed by atoms with van der Waals surface area (Å²) in [5.74, 6) is -0.0637. The number of morpholine rings is 1. The van der Waals surface area contributed by atoms with E-state index in [4.69, 9.17) is 9.84 Å². The van der Waals surface area contributed by atoms with Crippen LogP contribution in [0.15, 0.2) is 24.3 Å². The number of nitrogens with one attached hydrogen (secondary N) is 1. The van der Waals surface area contributed by atoms with Crippen LogP contribution in [0.2, 0.25) is 0 Å². The number of benzene rings is 1. The van der Waals surface area contributed by atoms with Crippen molar-refractivity contribution in [2.45, 2.75) is 52.9 Å². The van der Waals surface area contributed by atoms with Crippen LogP contribution in [0.25, 0.3) is 0 Å². The van der Waals surface area contributed by atoms with E-state index in [-0.39, 0.29) is 30.1 Å². The second-order valence-electron chi connectivity index (χ2n) is 7.97. The van der Waals surface area contributed by atoms with Gasteiger partial charge in [0, 0.05) is 38.3 Å². The van der Waals surface area contributed by atoms with E-state index in [0.29, 0.717) is 18.5 Å². The molecule has 0 spiro atoms. The normalized spacial score (nSPS) is 22.0. The van der Waals surface area contributed by atoms with Crippen molar-refractivity contribution < 1.29 is 14.6 Å². The lowest BCUT2D eigenvalue weighted by Gasteiger charge is -2.35. The lowest BCUT2D eigenvalue weighted by Crippen LogP contribution is -2.44. The maximum absolute atomic E-state index is 12.3. The van der Waals surface area contributed by atoms with Gasteiger partial charge in [-0.3, -0.25) is 9.69 Å². The Bertz CT molecular complexity index is 547. The molecule has 1 heterocycles. The SMILES string of the molecule is CC1CN(Cc2ccc(C(=O)NCC(C)(C)CCO)cc2)CC(C)O1. The molecule has 25 heavy (non-hydrogen) atoms. The Labute approximate surface area is 151 Å². The van der Waals surface area contributed by atoms with E-state index in [0.717, 1.165) is 19.6 Å². The first-order valence-electron chi connectivity index (χ1n) is 9.15. The molecule has 1 aliphatic rings. The second kappa shape index (κ2) is 8.79. The quantitative estimate of drug-likeness (QED) is 0.794. The van der Waals surface area contributed by atoms with E-state index in [2.05, 4.69) is 24.1 Å². The summed E-state index contributed by atoms with van der Waals surface area (Å²) in [6.45, 7) is 11.7. The summed E-state index contributed by atoms with van der Waals surface area (Å²) in [4.78, 5) is 14.7. The molecule has 1 saturated heterocycles. The van der Waals surface area contributed by atoms with Crippen molar-refractivity contribution in [3.05, 3.63) is 35.4 Å². The molecule has 1 aromatic rings. The third-order valence-corrected chi connectivity index (χ3v) is 4.63. The lowest BCUT2D eigenvalue weighted by molar-refractivity contribution is -0.0704. The van der Waals surface area contributed by atoms with Crippen LogP contribution in [0, 0.1) is 5.41 Å². The van der Waals surface area contributed by atoms with E-state index in [9.17, 15) is 4.79 Å². The molecule has 1 aromatic carbocycles. The fourth-order valence-corrected chi connectivity index (χ4v) is 3.25. The molecule has 5 nitrogen and oxygen atoms in total. The number of hydrogen-bond donors (Lipinski definition) is 2. The molecular formula is C20H32N2O3. The van der Waals surface area contributed by atoms with Crippen molar-refractivity contribution in [2.24, 2.45) is 5.41 Å². The van der Waals surface area contributed by atoms with Gasteiger partial charge in [0.15, 0.2) is 0 Å². The molecule has 2 atom stereocenters. The summed E-state index contributed by atoms with van der Waals surface area (Å²) in [7, 11) is 0. The highest BCUT2D eigenvalue weighted by molar-refractivity contribution is 5.94. The van der Waals surface area contributed by atoms with Crippen LogP contribution < -0.4 is 5.32 Å². The number of ether oxygens (including phenoxy) is 1. The van der Waals surface area contributed by atoms with Crippen molar-refractivity contribution in [1.29, 1.82) is 0 Å². The molecule has 5 heteroatoms. The van der Waals surface area contributed by atoms with Crippen LogP contribution in [0.5, 0.6) is 0 Å². The van der Waals surface area contributed by atoms with Crippen LogP contribution in [0.3, 0.4) is 0 Å². The average molecular weight is 348 g/mol. The molecular weight excluding hydrogens is 316 g/mol. The van der Waals surface area contributed by atoms with Crippen molar-refractivity contribution in [3.8, 4) is 0 Å². The van der Waals surface area contributed by atoms with Gasteiger partial charge in [0.25, 0.3) is 5.91 Å². The highest BCUT2D eigenvalue weighted by Gasteiger charge is 2.22. The van der Waals surface area contributed by atoms with Crippen molar-refractivity contribution >= 4 is 5.91 Å². The molecule has 0 aromatic heterocycles. The molecule has 0 saturated carbocycles. The number of aliphatic hydroxyl groups excluding tert-OH is 1. The molecule has 2 rings (SSSR count). The minimum Gasteiger partial charge on any atom is -0.396 e. The zero-order valence-electron chi connectivity index (χ0n) is 15.9. The van der Waals surface area contributed by atoms with Crippen LogP contribution in [0.4, 0.5) is 0 Å². The zero-order valence-corrected chi connectivity index (χ0v) is 15.9. The van der Waals surface area contributed by atoms with Crippen LogP contribution in [-0.2, 0) is 11.3 Å². The summed E-state index contributed by atoms with van der Waals surface area (Å²) in [6, 6.07) is 7.82. The molecule has 1 amide bonds. The van der Waals surface area contributed by atoms with E-state index in [1.54, 1.807) is 0 Å². The van der Waals surface area contributed by atoms with Gasteiger partial charge in [-0.05, 0) is 43.4 Å². The molecule has 2 unspecified atom stereocenters. The van der Waals surface area contributed by atoms with E-state index < -0.39 is 0 Å².